The SMILES string of the molecule is OC(Cc1ccccc1F)c1cc(Cl)c(Br)s1. The van der Waals surface area contributed by atoms with Gasteiger partial charge >= 0.3 is 0 Å². The van der Waals surface area contributed by atoms with Gasteiger partial charge in [0, 0.05) is 11.3 Å². The van der Waals surface area contributed by atoms with Crippen LogP contribution in [0.2, 0.25) is 5.02 Å². The number of halogens is 3. The molecule has 1 unspecified atom stereocenters. The topological polar surface area (TPSA) is 20.2 Å². The van der Waals surface area contributed by atoms with E-state index in [9.17, 15) is 9.50 Å². The Kier molecular flexibility index (Phi) is 4.20. The molecule has 0 aliphatic rings. The lowest BCUT2D eigenvalue weighted by molar-refractivity contribution is 0.181. The number of benzene rings is 1. The molecule has 1 heterocycles. The lowest BCUT2D eigenvalue weighted by Crippen LogP contribution is -2.01. The van der Waals surface area contributed by atoms with E-state index in [1.54, 1.807) is 24.3 Å². The van der Waals surface area contributed by atoms with Gasteiger partial charge in [-0.2, -0.15) is 0 Å². The second-order valence-electron chi connectivity index (χ2n) is 3.58. The Balaban J connectivity index is 2.17. The van der Waals surface area contributed by atoms with Crippen molar-refractivity contribution in [3.8, 4) is 0 Å². The summed E-state index contributed by atoms with van der Waals surface area (Å²) in [5, 5.41) is 10.6. The zero-order chi connectivity index (χ0) is 12.4. The van der Waals surface area contributed by atoms with E-state index >= 15 is 0 Å². The van der Waals surface area contributed by atoms with Gasteiger partial charge in [-0.1, -0.05) is 29.8 Å². The summed E-state index contributed by atoms with van der Waals surface area (Å²) in [6.07, 6.45) is -0.489. The molecular weight excluding hydrogens is 327 g/mol. The molecule has 2 aromatic rings. The maximum absolute atomic E-state index is 13.4. The zero-order valence-electron chi connectivity index (χ0n) is 8.66. The number of aliphatic hydroxyl groups is 1. The highest BCUT2D eigenvalue weighted by atomic mass is 79.9. The van der Waals surface area contributed by atoms with Crippen LogP contribution in [0.5, 0.6) is 0 Å². The van der Waals surface area contributed by atoms with Crippen LogP contribution < -0.4 is 0 Å². The first-order valence-electron chi connectivity index (χ1n) is 4.94. The van der Waals surface area contributed by atoms with Crippen molar-refractivity contribution in [3.05, 3.63) is 55.4 Å². The Bertz CT molecular complexity index is 509. The molecule has 0 spiro atoms. The third kappa shape index (κ3) is 3.07. The Hall–Kier alpha value is -0.420. The zero-order valence-corrected chi connectivity index (χ0v) is 11.8. The van der Waals surface area contributed by atoms with Crippen molar-refractivity contribution < 1.29 is 9.50 Å². The van der Waals surface area contributed by atoms with Crippen molar-refractivity contribution in [2.24, 2.45) is 0 Å². The van der Waals surface area contributed by atoms with Crippen molar-refractivity contribution in [3.63, 3.8) is 0 Å². The van der Waals surface area contributed by atoms with Gasteiger partial charge < -0.3 is 5.11 Å². The van der Waals surface area contributed by atoms with E-state index in [4.69, 9.17) is 11.6 Å². The number of thiophene rings is 1. The summed E-state index contributed by atoms with van der Waals surface area (Å²) >= 11 is 10.5. The first-order valence-corrected chi connectivity index (χ1v) is 6.93. The van der Waals surface area contributed by atoms with Crippen LogP contribution in [0, 0.1) is 5.82 Å². The fraction of sp³-hybridized carbons (Fsp3) is 0.167. The number of rotatable bonds is 3. The monoisotopic (exact) mass is 334 g/mol. The van der Waals surface area contributed by atoms with E-state index in [0.29, 0.717) is 10.6 Å². The molecule has 1 aromatic heterocycles. The molecule has 0 saturated carbocycles. The summed E-state index contributed by atoms with van der Waals surface area (Å²) in [7, 11) is 0. The maximum atomic E-state index is 13.4. The molecule has 0 radical (unpaired) electrons. The number of hydrogen-bond acceptors (Lipinski definition) is 2. The molecular formula is C12H9BrClFOS. The van der Waals surface area contributed by atoms with Gasteiger partial charge in [0.15, 0.2) is 0 Å². The van der Waals surface area contributed by atoms with E-state index in [-0.39, 0.29) is 12.2 Å². The molecule has 17 heavy (non-hydrogen) atoms. The third-order valence-corrected chi connectivity index (χ3v) is 4.94. The van der Waals surface area contributed by atoms with E-state index in [1.165, 1.54) is 17.4 Å². The van der Waals surface area contributed by atoms with Crippen LogP contribution in [0.3, 0.4) is 0 Å². The van der Waals surface area contributed by atoms with Gasteiger partial charge in [0.25, 0.3) is 0 Å². The Morgan fingerprint density at radius 3 is 2.71 bits per heavy atom. The van der Waals surface area contributed by atoms with Crippen molar-refractivity contribution in [1.29, 1.82) is 0 Å². The molecule has 0 bridgehead atoms. The van der Waals surface area contributed by atoms with E-state index in [0.717, 1.165) is 8.66 Å². The first kappa shape index (κ1) is 13.0. The van der Waals surface area contributed by atoms with Gasteiger partial charge in [0.1, 0.15) is 5.82 Å². The quantitative estimate of drug-likeness (QED) is 0.870. The molecule has 1 nitrogen and oxygen atoms in total. The van der Waals surface area contributed by atoms with Crippen LogP contribution in [0.4, 0.5) is 4.39 Å². The Morgan fingerprint density at radius 1 is 1.41 bits per heavy atom. The summed E-state index contributed by atoms with van der Waals surface area (Å²) in [5.41, 5.74) is 0.501. The molecule has 1 aromatic carbocycles. The predicted octanol–water partition coefficient (Wildman–Crippen LogP) is 4.58. The highest BCUT2D eigenvalue weighted by Gasteiger charge is 2.15. The van der Waals surface area contributed by atoms with Crippen molar-refractivity contribution >= 4 is 38.9 Å². The summed E-state index contributed by atoms with van der Waals surface area (Å²) in [6, 6.07) is 8.14. The number of hydrogen-bond donors (Lipinski definition) is 1. The fourth-order valence-electron chi connectivity index (χ4n) is 1.50. The minimum absolute atomic E-state index is 0.246. The lowest BCUT2D eigenvalue weighted by Gasteiger charge is -2.08. The van der Waals surface area contributed by atoms with Gasteiger partial charge in [0.2, 0.25) is 0 Å². The molecule has 0 fully saturated rings. The second-order valence-corrected chi connectivity index (χ2v) is 6.39. The average Bonchev–Trinajstić information content (AvgIpc) is 2.63. The summed E-state index contributed by atoms with van der Waals surface area (Å²) < 4.78 is 14.2. The highest BCUT2D eigenvalue weighted by molar-refractivity contribution is 9.11. The smallest absolute Gasteiger partial charge is 0.126 e. The first-order chi connectivity index (χ1) is 8.08. The minimum atomic E-state index is -0.735. The molecule has 2 rings (SSSR count). The van der Waals surface area contributed by atoms with Crippen LogP contribution in [0.15, 0.2) is 34.1 Å². The molecule has 0 aliphatic carbocycles. The molecule has 1 atom stereocenters. The van der Waals surface area contributed by atoms with Crippen LogP contribution in [0.1, 0.15) is 16.5 Å². The minimum Gasteiger partial charge on any atom is -0.387 e. The highest BCUT2D eigenvalue weighted by Crippen LogP contribution is 2.36. The average molecular weight is 336 g/mol. The lowest BCUT2D eigenvalue weighted by atomic mass is 10.1. The van der Waals surface area contributed by atoms with Gasteiger partial charge in [-0.05, 0) is 33.6 Å². The molecule has 90 valence electrons. The summed E-state index contributed by atoms with van der Waals surface area (Å²) in [5.74, 6) is -0.298. The maximum Gasteiger partial charge on any atom is 0.126 e. The van der Waals surface area contributed by atoms with E-state index < -0.39 is 6.10 Å². The molecule has 5 heteroatoms. The van der Waals surface area contributed by atoms with Gasteiger partial charge in [-0.15, -0.1) is 11.3 Å². The molecule has 0 aliphatic heterocycles. The number of aliphatic hydroxyl groups excluding tert-OH is 1. The van der Waals surface area contributed by atoms with Crippen LogP contribution >= 0.6 is 38.9 Å². The van der Waals surface area contributed by atoms with E-state index in [1.807, 2.05) is 0 Å². The van der Waals surface area contributed by atoms with E-state index in [2.05, 4.69) is 15.9 Å². The summed E-state index contributed by atoms with van der Waals surface area (Å²) in [6.45, 7) is 0. The Labute approximate surface area is 116 Å². The van der Waals surface area contributed by atoms with Crippen LogP contribution in [-0.2, 0) is 6.42 Å². The predicted molar refractivity (Wildman–Crippen MR) is 72.1 cm³/mol. The molecule has 0 amide bonds. The molecule has 0 saturated heterocycles. The molecule has 1 N–H and O–H groups in total. The van der Waals surface area contributed by atoms with Crippen molar-refractivity contribution in [1.82, 2.24) is 0 Å². The van der Waals surface area contributed by atoms with Crippen LogP contribution in [-0.4, -0.2) is 5.11 Å². The Morgan fingerprint density at radius 2 is 2.12 bits per heavy atom. The standard InChI is InChI=1S/C12H9BrClFOS/c13-12-8(14)6-11(17-12)10(16)5-7-3-1-2-4-9(7)15/h1-4,6,10,16H,5H2. The van der Waals surface area contributed by atoms with Gasteiger partial charge in [-0.3, -0.25) is 0 Å². The van der Waals surface area contributed by atoms with Gasteiger partial charge in [-0.25, -0.2) is 4.39 Å². The second kappa shape index (κ2) is 5.48. The summed E-state index contributed by atoms with van der Waals surface area (Å²) in [4.78, 5) is 0.727. The largest absolute Gasteiger partial charge is 0.387 e. The van der Waals surface area contributed by atoms with Crippen molar-refractivity contribution in [2.45, 2.75) is 12.5 Å². The van der Waals surface area contributed by atoms with Crippen LogP contribution in [0.25, 0.3) is 0 Å². The van der Waals surface area contributed by atoms with Gasteiger partial charge in [0.05, 0.1) is 14.9 Å². The van der Waals surface area contributed by atoms with Crippen molar-refractivity contribution in [2.75, 3.05) is 0 Å². The fourth-order valence-corrected chi connectivity index (χ4v) is 3.23. The normalized spacial score (nSPS) is 12.7. The third-order valence-electron chi connectivity index (χ3n) is 2.36.